The van der Waals surface area contributed by atoms with Gasteiger partial charge >= 0.3 is 0 Å². The van der Waals surface area contributed by atoms with Gasteiger partial charge < -0.3 is 5.26 Å². The second-order valence-corrected chi connectivity index (χ2v) is 1.79. The van der Waals surface area contributed by atoms with Crippen molar-refractivity contribution < 1.29 is 20.2 Å². The smallest absolute Gasteiger partial charge is 0.0961 e. The molecular weight excluding hydrogens is 112 g/mol. The number of hydrogen-bond donors (Lipinski definition) is 0. The van der Waals surface area contributed by atoms with E-state index in [0.29, 0.717) is 0 Å². The Morgan fingerprint density at radius 2 is 2.12 bits per heavy atom. The molecule has 0 N–H and O–H groups in total. The monoisotopic (exact) mass is 119 g/mol. The maximum absolute atomic E-state index is 9.13. The van der Waals surface area contributed by atoms with Crippen LogP contribution < -0.4 is 5.26 Å². The zero-order valence-electron chi connectivity index (χ0n) is 4.33. The summed E-state index contributed by atoms with van der Waals surface area (Å²) in [6.45, 7) is 0. The van der Waals surface area contributed by atoms with Gasteiger partial charge in [-0.05, 0) is 19.3 Å². The molecule has 1 aliphatic rings. The topological polar surface area (TPSA) is 50.8 Å². The third-order valence-corrected chi connectivity index (χ3v) is 1.26. The van der Waals surface area contributed by atoms with Gasteiger partial charge in [-0.3, -0.25) is 5.04 Å². The fourth-order valence-corrected chi connectivity index (χ4v) is 0.539. The van der Waals surface area contributed by atoms with Crippen molar-refractivity contribution in [2.24, 2.45) is 0 Å². The molecule has 8 heavy (non-hydrogen) atoms. The summed E-state index contributed by atoms with van der Waals surface area (Å²) in [6.07, 6.45) is 3.16. The molecule has 4 heteroatoms. The van der Waals surface area contributed by atoms with Crippen LogP contribution in [-0.2, 0) is 15.0 Å². The van der Waals surface area contributed by atoms with E-state index in [4.69, 9.17) is 5.26 Å². The van der Waals surface area contributed by atoms with Crippen LogP contribution in [0.4, 0.5) is 0 Å². The Morgan fingerprint density at radius 3 is 2.50 bits per heavy atom. The van der Waals surface area contributed by atoms with Crippen LogP contribution in [0, 0.1) is 0 Å². The summed E-state index contributed by atoms with van der Waals surface area (Å²) in [5, 5.41) is 15.8. The summed E-state index contributed by atoms with van der Waals surface area (Å²) in [5.41, 5.74) is 0. The molecule has 48 valence electrons. The third kappa shape index (κ3) is 1.41. The van der Waals surface area contributed by atoms with E-state index in [1.54, 1.807) is 0 Å². The molecule has 0 aromatic heterocycles. The van der Waals surface area contributed by atoms with Crippen molar-refractivity contribution in [3.63, 3.8) is 0 Å². The van der Waals surface area contributed by atoms with Crippen LogP contribution in [0.2, 0.25) is 0 Å². The van der Waals surface area contributed by atoms with Gasteiger partial charge in [0.1, 0.15) is 0 Å². The van der Waals surface area contributed by atoms with Crippen LogP contribution in [0.25, 0.3) is 0 Å². The first-order valence-corrected chi connectivity index (χ1v) is 2.55. The van der Waals surface area contributed by atoms with Gasteiger partial charge in [-0.1, -0.05) is 5.04 Å². The van der Waals surface area contributed by atoms with Gasteiger partial charge in [-0.2, -0.15) is 0 Å². The van der Waals surface area contributed by atoms with Crippen LogP contribution in [0.5, 0.6) is 0 Å². The molecule has 4 nitrogen and oxygen atoms in total. The molecular formula is C4H7O4-. The first kappa shape index (κ1) is 5.97. The largest absolute Gasteiger partial charge is 0.690 e. The highest BCUT2D eigenvalue weighted by molar-refractivity contribution is 4.66. The normalized spacial score (nSPS) is 20.6. The lowest BCUT2D eigenvalue weighted by atomic mass is 9.97. The van der Waals surface area contributed by atoms with Gasteiger partial charge in [0, 0.05) is 0 Å². The third-order valence-electron chi connectivity index (χ3n) is 1.26. The second-order valence-electron chi connectivity index (χ2n) is 1.79. The quantitative estimate of drug-likeness (QED) is 0.378. The summed E-state index contributed by atoms with van der Waals surface area (Å²) < 4.78 is 0. The molecule has 1 fully saturated rings. The predicted molar refractivity (Wildman–Crippen MR) is 20.9 cm³/mol. The van der Waals surface area contributed by atoms with Gasteiger partial charge in [-0.15, -0.1) is 0 Å². The van der Waals surface area contributed by atoms with Crippen LogP contribution in [0.1, 0.15) is 19.3 Å². The highest BCUT2D eigenvalue weighted by Crippen LogP contribution is 2.21. The molecule has 1 saturated carbocycles. The van der Waals surface area contributed by atoms with E-state index in [1.807, 2.05) is 0 Å². The van der Waals surface area contributed by atoms with Crippen molar-refractivity contribution in [3.05, 3.63) is 0 Å². The summed E-state index contributed by atoms with van der Waals surface area (Å²) in [6, 6.07) is 0. The Hall–Kier alpha value is -0.160. The van der Waals surface area contributed by atoms with E-state index in [-0.39, 0.29) is 6.10 Å². The van der Waals surface area contributed by atoms with Crippen molar-refractivity contribution in [2.75, 3.05) is 0 Å². The Bertz CT molecular complexity index is 61.1. The first-order valence-electron chi connectivity index (χ1n) is 2.55. The summed E-state index contributed by atoms with van der Waals surface area (Å²) in [4.78, 5) is 4.39. The molecule has 1 rings (SSSR count). The maximum Gasteiger partial charge on any atom is 0.0961 e. The molecule has 1 aliphatic carbocycles. The summed E-state index contributed by atoms with van der Waals surface area (Å²) >= 11 is 0. The standard InChI is InChI=1S/C4H8O4/c5-7-8-6-4-2-1-3-4/h4-5H,1-3H2/p-1. The van der Waals surface area contributed by atoms with Gasteiger partial charge in [0.2, 0.25) is 0 Å². The maximum atomic E-state index is 9.13. The second kappa shape index (κ2) is 2.99. The molecule has 0 unspecified atom stereocenters. The Kier molecular flexibility index (Phi) is 2.23. The van der Waals surface area contributed by atoms with E-state index >= 15 is 0 Å². The highest BCUT2D eigenvalue weighted by Gasteiger charge is 2.18. The highest BCUT2D eigenvalue weighted by atomic mass is 17.6. The molecule has 0 aromatic carbocycles. The Morgan fingerprint density at radius 1 is 1.38 bits per heavy atom. The van der Waals surface area contributed by atoms with Crippen molar-refractivity contribution in [1.82, 2.24) is 0 Å². The minimum Gasteiger partial charge on any atom is -0.690 e. The van der Waals surface area contributed by atoms with Gasteiger partial charge in [0.05, 0.1) is 6.10 Å². The molecule has 0 amide bonds. The number of hydrogen-bond acceptors (Lipinski definition) is 4. The van der Waals surface area contributed by atoms with Crippen LogP contribution in [0.15, 0.2) is 0 Å². The van der Waals surface area contributed by atoms with E-state index in [0.717, 1.165) is 19.3 Å². The fraction of sp³-hybridized carbons (Fsp3) is 1.00. The Labute approximate surface area is 46.8 Å². The van der Waals surface area contributed by atoms with Crippen LogP contribution in [-0.4, -0.2) is 6.10 Å². The molecule has 0 aliphatic heterocycles. The molecule has 0 atom stereocenters. The van der Waals surface area contributed by atoms with Crippen LogP contribution >= 0.6 is 0 Å². The van der Waals surface area contributed by atoms with Crippen LogP contribution in [0.3, 0.4) is 0 Å². The minimum atomic E-state index is 0.0870. The SMILES string of the molecule is [O-]OOOC1CCC1. The van der Waals surface area contributed by atoms with E-state index in [1.165, 1.54) is 0 Å². The molecule has 0 heterocycles. The fourth-order valence-electron chi connectivity index (χ4n) is 0.539. The summed E-state index contributed by atoms with van der Waals surface area (Å²) in [5.74, 6) is 0. The molecule has 0 radical (unpaired) electrons. The van der Waals surface area contributed by atoms with Crippen molar-refractivity contribution in [1.29, 1.82) is 0 Å². The van der Waals surface area contributed by atoms with Gasteiger partial charge in [-0.25, -0.2) is 4.89 Å². The van der Waals surface area contributed by atoms with Gasteiger partial charge in [0.25, 0.3) is 0 Å². The summed E-state index contributed by atoms with van der Waals surface area (Å²) in [7, 11) is 0. The van der Waals surface area contributed by atoms with E-state index in [9.17, 15) is 0 Å². The zero-order chi connectivity index (χ0) is 5.82. The van der Waals surface area contributed by atoms with E-state index in [2.05, 4.69) is 15.0 Å². The van der Waals surface area contributed by atoms with Crippen molar-refractivity contribution in [2.45, 2.75) is 25.4 Å². The average molecular weight is 119 g/mol. The number of rotatable bonds is 3. The lowest BCUT2D eigenvalue weighted by molar-refractivity contribution is -0.852. The van der Waals surface area contributed by atoms with Crippen molar-refractivity contribution in [3.8, 4) is 0 Å². The zero-order valence-corrected chi connectivity index (χ0v) is 4.33. The molecule has 0 bridgehead atoms. The molecule has 0 saturated heterocycles. The first-order chi connectivity index (χ1) is 3.93. The average Bonchev–Trinajstić information content (AvgIpc) is 1.63. The van der Waals surface area contributed by atoms with Crippen molar-refractivity contribution >= 4 is 0 Å². The molecule has 0 aromatic rings. The Balaban J connectivity index is 1.86. The van der Waals surface area contributed by atoms with E-state index < -0.39 is 0 Å². The predicted octanol–water partition coefficient (Wildman–Crippen LogP) is -0.306. The van der Waals surface area contributed by atoms with Gasteiger partial charge in [0.15, 0.2) is 0 Å². The lowest BCUT2D eigenvalue weighted by Gasteiger charge is -2.23. The molecule has 0 spiro atoms. The minimum absolute atomic E-state index is 0.0870. The lowest BCUT2D eigenvalue weighted by Crippen LogP contribution is -2.23.